The Morgan fingerprint density at radius 1 is 0.885 bits per heavy atom. The highest BCUT2D eigenvalue weighted by Gasteiger charge is 2.22. The Labute approximate surface area is 154 Å². The van der Waals surface area contributed by atoms with Crippen molar-refractivity contribution < 1.29 is 14.7 Å². The number of pyridine rings is 1. The van der Waals surface area contributed by atoms with Crippen molar-refractivity contribution in [1.29, 1.82) is 0 Å². The normalized spacial score (nSPS) is 11.9. The summed E-state index contributed by atoms with van der Waals surface area (Å²) in [6, 6.07) is 8.85. The second-order valence-corrected chi connectivity index (χ2v) is 8.49. The van der Waals surface area contributed by atoms with Gasteiger partial charge in [-0.1, -0.05) is 47.6 Å². The summed E-state index contributed by atoms with van der Waals surface area (Å²) >= 11 is 0. The summed E-state index contributed by atoms with van der Waals surface area (Å²) in [6.45, 7) is 12.7. The van der Waals surface area contributed by atoms with Crippen molar-refractivity contribution in [1.82, 2.24) is 4.98 Å². The summed E-state index contributed by atoms with van der Waals surface area (Å²) in [7, 11) is 0. The monoisotopic (exact) mass is 354 g/mol. The van der Waals surface area contributed by atoms with Crippen LogP contribution in [0.5, 0.6) is 0 Å². The first kappa shape index (κ1) is 19.6. The number of anilines is 1. The number of carboxylic acids is 1. The SMILES string of the molecule is CC(C)(C)c1cc(C(=O)Nc2ccc(C(=O)O)cn2)cc(C(C)(C)C)c1. The number of hydrogen-bond acceptors (Lipinski definition) is 3. The van der Waals surface area contributed by atoms with Gasteiger partial charge in [0.05, 0.1) is 5.56 Å². The second kappa shape index (κ2) is 6.90. The number of carboxylic acid groups (broad SMARTS) is 1. The molecule has 0 unspecified atom stereocenters. The van der Waals surface area contributed by atoms with E-state index >= 15 is 0 Å². The van der Waals surface area contributed by atoms with Gasteiger partial charge in [-0.05, 0) is 46.2 Å². The molecule has 0 radical (unpaired) electrons. The Morgan fingerprint density at radius 2 is 1.42 bits per heavy atom. The maximum atomic E-state index is 12.7. The summed E-state index contributed by atoms with van der Waals surface area (Å²) in [4.78, 5) is 27.6. The van der Waals surface area contributed by atoms with Crippen molar-refractivity contribution in [3.05, 3.63) is 58.8 Å². The van der Waals surface area contributed by atoms with Crippen LogP contribution < -0.4 is 5.32 Å². The van der Waals surface area contributed by atoms with E-state index in [-0.39, 0.29) is 22.3 Å². The molecule has 0 aliphatic carbocycles. The van der Waals surface area contributed by atoms with Gasteiger partial charge >= 0.3 is 5.97 Å². The van der Waals surface area contributed by atoms with Gasteiger partial charge in [0.2, 0.25) is 0 Å². The van der Waals surface area contributed by atoms with E-state index in [0.29, 0.717) is 11.4 Å². The molecular weight excluding hydrogens is 328 g/mol. The van der Waals surface area contributed by atoms with Crippen LogP contribution in [-0.2, 0) is 10.8 Å². The Kier molecular flexibility index (Phi) is 5.21. The molecule has 1 amide bonds. The highest BCUT2D eigenvalue weighted by Crippen LogP contribution is 2.30. The molecule has 0 saturated heterocycles. The van der Waals surface area contributed by atoms with E-state index < -0.39 is 5.97 Å². The lowest BCUT2D eigenvalue weighted by Crippen LogP contribution is -2.20. The number of carbonyl (C=O) groups excluding carboxylic acids is 1. The number of rotatable bonds is 3. The molecule has 5 heteroatoms. The van der Waals surface area contributed by atoms with Crippen molar-refractivity contribution in [2.75, 3.05) is 5.32 Å². The summed E-state index contributed by atoms with van der Waals surface area (Å²) in [5.74, 6) is -1.00. The number of aromatic carboxylic acids is 1. The minimum absolute atomic E-state index is 0.0766. The van der Waals surface area contributed by atoms with Gasteiger partial charge in [0, 0.05) is 11.8 Å². The molecule has 5 nitrogen and oxygen atoms in total. The Morgan fingerprint density at radius 3 is 1.81 bits per heavy atom. The lowest BCUT2D eigenvalue weighted by molar-refractivity contribution is 0.0696. The maximum Gasteiger partial charge on any atom is 0.337 e. The summed E-state index contributed by atoms with van der Waals surface area (Å²) < 4.78 is 0. The van der Waals surface area contributed by atoms with Crippen LogP contribution in [-0.4, -0.2) is 22.0 Å². The predicted octanol–water partition coefficient (Wildman–Crippen LogP) is 4.63. The third-order valence-electron chi connectivity index (χ3n) is 4.18. The molecule has 26 heavy (non-hydrogen) atoms. The molecule has 1 aromatic carbocycles. The number of benzene rings is 1. The third-order valence-corrected chi connectivity index (χ3v) is 4.18. The number of nitrogens with zero attached hydrogens (tertiary/aromatic N) is 1. The molecule has 0 saturated carbocycles. The van der Waals surface area contributed by atoms with Crippen LogP contribution in [0, 0.1) is 0 Å². The zero-order valence-electron chi connectivity index (χ0n) is 16.2. The molecule has 2 aromatic rings. The average Bonchev–Trinajstić information content (AvgIpc) is 2.53. The molecule has 2 N–H and O–H groups in total. The van der Waals surface area contributed by atoms with Gasteiger partial charge in [-0.15, -0.1) is 0 Å². The smallest absolute Gasteiger partial charge is 0.337 e. The Hall–Kier alpha value is -2.69. The first-order valence-electron chi connectivity index (χ1n) is 8.55. The summed E-state index contributed by atoms with van der Waals surface area (Å²) in [6.07, 6.45) is 1.23. The van der Waals surface area contributed by atoms with E-state index in [0.717, 1.165) is 11.1 Å². The molecule has 1 heterocycles. The number of hydrogen-bond donors (Lipinski definition) is 2. The van der Waals surface area contributed by atoms with E-state index in [1.54, 1.807) is 0 Å². The molecule has 2 rings (SSSR count). The second-order valence-electron chi connectivity index (χ2n) is 8.49. The van der Waals surface area contributed by atoms with Gasteiger partial charge in [0.1, 0.15) is 5.82 Å². The standard InChI is InChI=1S/C21H26N2O3/c1-20(2,3)15-9-14(10-16(11-15)21(4,5)6)18(24)23-17-8-7-13(12-22-17)19(25)26/h7-12H,1-6H3,(H,25,26)(H,22,23,24). The van der Waals surface area contributed by atoms with Crippen LogP contribution in [0.15, 0.2) is 36.5 Å². The van der Waals surface area contributed by atoms with Crippen LogP contribution in [0.2, 0.25) is 0 Å². The predicted molar refractivity (Wildman–Crippen MR) is 103 cm³/mol. The summed E-state index contributed by atoms with van der Waals surface area (Å²) in [5.41, 5.74) is 2.64. The van der Waals surface area contributed by atoms with Crippen LogP contribution >= 0.6 is 0 Å². The number of nitrogens with one attached hydrogen (secondary N) is 1. The highest BCUT2D eigenvalue weighted by atomic mass is 16.4. The molecular formula is C21H26N2O3. The minimum atomic E-state index is -1.05. The van der Waals surface area contributed by atoms with Crippen molar-refractivity contribution in [3.8, 4) is 0 Å². The van der Waals surface area contributed by atoms with Gasteiger partial charge in [-0.2, -0.15) is 0 Å². The molecule has 0 atom stereocenters. The van der Waals surface area contributed by atoms with Gasteiger partial charge < -0.3 is 10.4 Å². The lowest BCUT2D eigenvalue weighted by atomic mass is 9.79. The van der Waals surface area contributed by atoms with E-state index in [2.05, 4.69) is 57.9 Å². The maximum absolute atomic E-state index is 12.7. The third kappa shape index (κ3) is 4.69. The zero-order valence-corrected chi connectivity index (χ0v) is 16.2. The van der Waals surface area contributed by atoms with E-state index in [1.807, 2.05) is 12.1 Å². The molecule has 1 aromatic heterocycles. The average molecular weight is 354 g/mol. The van der Waals surface area contributed by atoms with Crippen LogP contribution in [0.25, 0.3) is 0 Å². The minimum Gasteiger partial charge on any atom is -0.478 e. The largest absolute Gasteiger partial charge is 0.478 e. The molecule has 0 aliphatic rings. The van der Waals surface area contributed by atoms with Gasteiger partial charge in [0.15, 0.2) is 0 Å². The topological polar surface area (TPSA) is 79.3 Å². The first-order valence-corrected chi connectivity index (χ1v) is 8.55. The molecule has 0 aliphatic heterocycles. The van der Waals surface area contributed by atoms with E-state index in [1.165, 1.54) is 18.3 Å². The Bertz CT molecular complexity index is 794. The lowest BCUT2D eigenvalue weighted by Gasteiger charge is -2.26. The van der Waals surface area contributed by atoms with Crippen molar-refractivity contribution >= 4 is 17.7 Å². The van der Waals surface area contributed by atoms with Crippen LogP contribution in [0.1, 0.15) is 73.4 Å². The van der Waals surface area contributed by atoms with Gasteiger partial charge in [-0.3, -0.25) is 4.79 Å². The Balaban J connectivity index is 2.37. The quantitative estimate of drug-likeness (QED) is 0.842. The zero-order chi connectivity index (χ0) is 19.7. The van der Waals surface area contributed by atoms with E-state index in [9.17, 15) is 9.59 Å². The van der Waals surface area contributed by atoms with E-state index in [4.69, 9.17) is 5.11 Å². The van der Waals surface area contributed by atoms with Crippen molar-refractivity contribution in [2.24, 2.45) is 0 Å². The number of amides is 1. The first-order chi connectivity index (χ1) is 11.9. The molecule has 138 valence electrons. The molecule has 0 fully saturated rings. The molecule has 0 bridgehead atoms. The van der Waals surface area contributed by atoms with Crippen molar-refractivity contribution in [3.63, 3.8) is 0 Å². The van der Waals surface area contributed by atoms with Gasteiger partial charge in [-0.25, -0.2) is 9.78 Å². The fourth-order valence-electron chi connectivity index (χ4n) is 2.41. The van der Waals surface area contributed by atoms with Gasteiger partial charge in [0.25, 0.3) is 5.91 Å². The summed E-state index contributed by atoms with van der Waals surface area (Å²) in [5, 5.41) is 11.7. The van der Waals surface area contributed by atoms with Crippen molar-refractivity contribution in [2.45, 2.75) is 52.4 Å². The van der Waals surface area contributed by atoms with Crippen LogP contribution in [0.4, 0.5) is 5.82 Å². The molecule has 0 spiro atoms. The fraction of sp³-hybridized carbons (Fsp3) is 0.381. The highest BCUT2D eigenvalue weighted by molar-refractivity contribution is 6.04. The number of aromatic nitrogens is 1. The fourth-order valence-corrected chi connectivity index (χ4v) is 2.41. The number of carbonyl (C=O) groups is 2. The van der Waals surface area contributed by atoms with Crippen LogP contribution in [0.3, 0.4) is 0 Å².